The molecule has 0 saturated heterocycles. The van der Waals surface area contributed by atoms with Crippen LogP contribution in [0.5, 0.6) is 5.88 Å². The van der Waals surface area contributed by atoms with Gasteiger partial charge in [-0.2, -0.15) is 5.10 Å². The minimum absolute atomic E-state index is 0.145. The smallest absolute Gasteiger partial charge is 0.434 e. The molecule has 0 atom stereocenters. The van der Waals surface area contributed by atoms with E-state index < -0.39 is 6.16 Å². The fourth-order valence-electron chi connectivity index (χ4n) is 2.77. The van der Waals surface area contributed by atoms with Gasteiger partial charge in [-0.25, -0.2) is 14.2 Å². The highest BCUT2D eigenvalue weighted by atomic mass is 19.1. The Labute approximate surface area is 136 Å². The van der Waals surface area contributed by atoms with Crippen molar-refractivity contribution in [3.63, 3.8) is 0 Å². The Kier molecular flexibility index (Phi) is 3.30. The summed E-state index contributed by atoms with van der Waals surface area (Å²) in [7, 11) is 0. The molecule has 0 spiro atoms. The van der Waals surface area contributed by atoms with E-state index in [1.54, 1.807) is 28.4 Å². The van der Waals surface area contributed by atoms with Crippen molar-refractivity contribution in [3.8, 4) is 22.8 Å². The predicted octanol–water partition coefficient (Wildman–Crippen LogP) is 2.77. The molecule has 0 fully saturated rings. The summed E-state index contributed by atoms with van der Waals surface area (Å²) in [6.45, 7) is 2.23. The Morgan fingerprint density at radius 3 is 3.08 bits per heavy atom. The Hall–Kier alpha value is -3.16. The molecular weight excluding hydrogens is 315 g/mol. The summed E-state index contributed by atoms with van der Waals surface area (Å²) < 4.78 is 27.2. The summed E-state index contributed by atoms with van der Waals surface area (Å²) >= 11 is 0. The molecule has 0 radical (unpaired) electrons. The highest BCUT2D eigenvalue weighted by molar-refractivity contribution is 5.72. The van der Waals surface area contributed by atoms with E-state index >= 15 is 0 Å². The van der Waals surface area contributed by atoms with Crippen LogP contribution in [0.1, 0.15) is 12.6 Å². The zero-order valence-corrected chi connectivity index (χ0v) is 12.8. The van der Waals surface area contributed by atoms with Crippen LogP contribution in [0.4, 0.5) is 9.18 Å². The van der Waals surface area contributed by atoms with Gasteiger partial charge in [-0.15, -0.1) is 0 Å². The van der Waals surface area contributed by atoms with Gasteiger partial charge in [0.05, 0.1) is 24.5 Å². The first-order valence-electron chi connectivity index (χ1n) is 7.40. The maximum absolute atomic E-state index is 13.7. The van der Waals surface area contributed by atoms with Crippen molar-refractivity contribution in [3.05, 3.63) is 48.3 Å². The van der Waals surface area contributed by atoms with Gasteiger partial charge in [0.1, 0.15) is 17.8 Å². The number of imidazole rings is 1. The predicted molar refractivity (Wildman–Crippen MR) is 81.5 cm³/mol. The molecule has 2 aromatic heterocycles. The first-order valence-corrected chi connectivity index (χ1v) is 7.40. The van der Waals surface area contributed by atoms with Crippen LogP contribution in [0.15, 0.2) is 36.8 Å². The first kappa shape index (κ1) is 14.4. The van der Waals surface area contributed by atoms with Crippen molar-refractivity contribution >= 4 is 6.16 Å². The van der Waals surface area contributed by atoms with E-state index in [1.165, 1.54) is 18.5 Å². The molecule has 1 aromatic carbocycles. The molecular formula is C16H13FN4O3. The number of hydrogen-bond donors (Lipinski definition) is 0. The fraction of sp³-hybridized carbons (Fsp3) is 0.188. The summed E-state index contributed by atoms with van der Waals surface area (Å²) in [6, 6.07) is 6.29. The number of hydrogen-bond acceptors (Lipinski definition) is 5. The molecule has 1 aliphatic rings. The second kappa shape index (κ2) is 5.48. The number of halogens is 1. The maximum atomic E-state index is 13.7. The van der Waals surface area contributed by atoms with Crippen LogP contribution in [-0.4, -0.2) is 32.1 Å². The van der Waals surface area contributed by atoms with Crippen LogP contribution in [-0.2, 0) is 11.3 Å². The van der Waals surface area contributed by atoms with Crippen molar-refractivity contribution in [1.82, 2.24) is 19.3 Å². The van der Waals surface area contributed by atoms with Crippen molar-refractivity contribution in [2.24, 2.45) is 0 Å². The third-order valence-corrected chi connectivity index (χ3v) is 3.78. The van der Waals surface area contributed by atoms with Crippen molar-refractivity contribution in [1.29, 1.82) is 0 Å². The van der Waals surface area contributed by atoms with Crippen molar-refractivity contribution in [2.75, 3.05) is 6.61 Å². The maximum Gasteiger partial charge on any atom is 0.515 e. The molecule has 0 bridgehead atoms. The number of fused-ring (bicyclic) bond motifs is 5. The second-order valence-electron chi connectivity index (χ2n) is 5.19. The van der Waals surface area contributed by atoms with Gasteiger partial charge < -0.3 is 9.47 Å². The molecule has 0 aliphatic carbocycles. The van der Waals surface area contributed by atoms with Gasteiger partial charge in [-0.1, -0.05) is 0 Å². The van der Waals surface area contributed by atoms with Crippen LogP contribution in [0.25, 0.3) is 16.9 Å². The summed E-state index contributed by atoms with van der Waals surface area (Å²) in [6.07, 6.45) is 2.36. The normalized spacial score (nSPS) is 11.9. The zero-order valence-electron chi connectivity index (χ0n) is 12.8. The van der Waals surface area contributed by atoms with Gasteiger partial charge in [0, 0.05) is 11.8 Å². The third-order valence-electron chi connectivity index (χ3n) is 3.78. The van der Waals surface area contributed by atoms with Gasteiger partial charge in [-0.3, -0.25) is 9.25 Å². The average Bonchev–Trinajstić information content (AvgIpc) is 3.14. The van der Waals surface area contributed by atoms with Gasteiger partial charge in [0.15, 0.2) is 0 Å². The number of carbonyl (C=O) groups is 1. The second-order valence-corrected chi connectivity index (χ2v) is 5.19. The summed E-state index contributed by atoms with van der Waals surface area (Å²) in [4.78, 5) is 15.7. The van der Waals surface area contributed by atoms with E-state index in [2.05, 4.69) is 10.1 Å². The molecule has 0 saturated carbocycles. The largest absolute Gasteiger partial charge is 0.515 e. The van der Waals surface area contributed by atoms with Gasteiger partial charge >= 0.3 is 6.16 Å². The lowest BCUT2D eigenvalue weighted by molar-refractivity contribution is 0.102. The first-order chi connectivity index (χ1) is 11.7. The molecule has 122 valence electrons. The summed E-state index contributed by atoms with van der Waals surface area (Å²) in [5.41, 5.74) is 2.82. The number of aromatic nitrogens is 4. The van der Waals surface area contributed by atoms with E-state index in [1.807, 2.05) is 6.07 Å². The van der Waals surface area contributed by atoms with Crippen LogP contribution in [0.3, 0.4) is 0 Å². The monoisotopic (exact) mass is 328 g/mol. The van der Waals surface area contributed by atoms with E-state index in [4.69, 9.17) is 9.47 Å². The highest BCUT2D eigenvalue weighted by Gasteiger charge is 2.25. The number of carbonyl (C=O) groups excluding carboxylic acids is 1. The standard InChI is InChI=1S/C16H13FN4O3/c1-2-23-16(22)24-15-14-8-21-13(5-6-19-21)11-7-10(17)3-4-12(11)20(14)9-18-15/h3-7,9H,2,8H2,1H3. The van der Waals surface area contributed by atoms with Crippen LogP contribution >= 0.6 is 0 Å². The van der Waals surface area contributed by atoms with E-state index in [9.17, 15) is 9.18 Å². The molecule has 1 aliphatic heterocycles. The Balaban J connectivity index is 1.87. The molecule has 0 N–H and O–H groups in total. The lowest BCUT2D eigenvalue weighted by Crippen LogP contribution is -2.13. The van der Waals surface area contributed by atoms with Gasteiger partial charge in [0.25, 0.3) is 0 Å². The molecule has 3 aromatic rings. The number of ether oxygens (including phenoxy) is 2. The summed E-state index contributed by atoms with van der Waals surface area (Å²) in [5.74, 6) is -0.194. The number of nitrogens with zero attached hydrogens (tertiary/aromatic N) is 4. The van der Waals surface area contributed by atoms with Crippen molar-refractivity contribution in [2.45, 2.75) is 13.5 Å². The SMILES string of the molecule is CCOC(=O)Oc1ncn2c1Cn1nccc1-c1cc(F)ccc1-2. The Morgan fingerprint density at radius 2 is 2.25 bits per heavy atom. The van der Waals surface area contributed by atoms with E-state index in [0.717, 1.165) is 11.4 Å². The van der Waals surface area contributed by atoms with Crippen molar-refractivity contribution < 1.29 is 18.7 Å². The number of rotatable bonds is 2. The topological polar surface area (TPSA) is 71.2 Å². The average molecular weight is 328 g/mol. The molecule has 8 heteroatoms. The molecule has 4 rings (SSSR count). The fourth-order valence-corrected chi connectivity index (χ4v) is 2.77. The molecule has 7 nitrogen and oxygen atoms in total. The lowest BCUT2D eigenvalue weighted by Gasteiger charge is -2.08. The molecule has 3 heterocycles. The minimum Gasteiger partial charge on any atom is -0.434 e. The molecule has 24 heavy (non-hydrogen) atoms. The Bertz CT molecular complexity index is 931. The van der Waals surface area contributed by atoms with Gasteiger partial charge in [-0.05, 0) is 31.2 Å². The Morgan fingerprint density at radius 1 is 1.38 bits per heavy atom. The van der Waals surface area contributed by atoms with E-state index in [0.29, 0.717) is 17.8 Å². The molecule has 0 amide bonds. The summed E-state index contributed by atoms with van der Waals surface area (Å²) in [5, 5.41) is 4.26. The van der Waals surface area contributed by atoms with Crippen LogP contribution in [0.2, 0.25) is 0 Å². The number of benzene rings is 1. The van der Waals surface area contributed by atoms with Crippen LogP contribution < -0.4 is 4.74 Å². The lowest BCUT2D eigenvalue weighted by atomic mass is 10.1. The third kappa shape index (κ3) is 2.23. The minimum atomic E-state index is -0.816. The van der Waals surface area contributed by atoms with E-state index in [-0.39, 0.29) is 18.3 Å². The zero-order chi connectivity index (χ0) is 16.7. The van der Waals surface area contributed by atoms with Gasteiger partial charge in [0.2, 0.25) is 5.88 Å². The highest BCUT2D eigenvalue weighted by Crippen LogP contribution is 2.34. The quantitative estimate of drug-likeness (QED) is 0.529. The molecule has 0 unspecified atom stereocenters. The van der Waals surface area contributed by atoms with Crippen LogP contribution in [0, 0.1) is 5.82 Å².